The Morgan fingerprint density at radius 2 is 1.96 bits per heavy atom. The molecule has 0 aliphatic heterocycles. The van der Waals surface area contributed by atoms with Gasteiger partial charge in [-0.1, -0.05) is 24.3 Å². The van der Waals surface area contributed by atoms with Crippen molar-refractivity contribution in [3.63, 3.8) is 0 Å². The number of rotatable bonds is 6. The highest BCUT2D eigenvalue weighted by Crippen LogP contribution is 2.29. The van der Waals surface area contributed by atoms with E-state index in [4.69, 9.17) is 14.9 Å². The summed E-state index contributed by atoms with van der Waals surface area (Å²) >= 11 is 0. The van der Waals surface area contributed by atoms with E-state index in [9.17, 15) is 4.79 Å². The number of nitrogens with zero attached hydrogens (tertiary/aromatic N) is 3. The fourth-order valence-corrected chi connectivity index (χ4v) is 3.08. The van der Waals surface area contributed by atoms with Gasteiger partial charge in [-0.2, -0.15) is 4.98 Å². The number of anilines is 1. The molecule has 0 saturated heterocycles. The minimum Gasteiger partial charge on any atom is -0.462 e. The Bertz CT molecular complexity index is 981. The third kappa shape index (κ3) is 3.93. The Hall–Kier alpha value is -2.93. The third-order valence-corrected chi connectivity index (χ3v) is 4.39. The predicted octanol–water partition coefficient (Wildman–Crippen LogP) is 3.23. The maximum Gasteiger partial charge on any atom is 0.342 e. The summed E-state index contributed by atoms with van der Waals surface area (Å²) in [5.41, 5.74) is 9.20. The molecule has 3 rings (SSSR count). The molecule has 0 amide bonds. The van der Waals surface area contributed by atoms with Crippen LogP contribution in [0.5, 0.6) is 0 Å². The summed E-state index contributed by atoms with van der Waals surface area (Å²) in [6, 6.07) is 8.24. The van der Waals surface area contributed by atoms with Crippen LogP contribution in [-0.4, -0.2) is 34.5 Å². The number of benzene rings is 1. The Labute approximate surface area is 158 Å². The smallest absolute Gasteiger partial charge is 0.342 e. The normalized spacial score (nSPS) is 11.3. The van der Waals surface area contributed by atoms with Crippen LogP contribution in [0, 0.1) is 13.8 Å². The molecule has 7 heteroatoms. The molecule has 2 N–H and O–H groups in total. The van der Waals surface area contributed by atoms with E-state index in [1.165, 1.54) is 11.1 Å². The largest absolute Gasteiger partial charge is 0.462 e. The summed E-state index contributed by atoms with van der Waals surface area (Å²) in [5.74, 6) is 0.711. The fourth-order valence-electron chi connectivity index (χ4n) is 3.08. The SMILES string of the molecule is CCOC(=O)c1c(C)oc2nc(CN(C)Cc3ccccc3C)nc(N)c12. The van der Waals surface area contributed by atoms with Crippen molar-refractivity contribution in [2.24, 2.45) is 0 Å². The standard InChI is InChI=1S/C20H24N4O3/c1-5-26-20(25)16-13(3)27-19-17(16)18(21)22-15(23-19)11-24(4)10-14-9-7-6-8-12(14)2/h6-9H,5,10-11H2,1-4H3,(H2,21,22,23). The quantitative estimate of drug-likeness (QED) is 0.667. The molecule has 2 aromatic heterocycles. The van der Waals surface area contributed by atoms with Crippen LogP contribution in [0.2, 0.25) is 0 Å². The van der Waals surface area contributed by atoms with Crippen molar-refractivity contribution < 1.29 is 13.9 Å². The van der Waals surface area contributed by atoms with E-state index in [1.807, 2.05) is 19.2 Å². The van der Waals surface area contributed by atoms with Crippen LogP contribution in [0.3, 0.4) is 0 Å². The molecule has 0 radical (unpaired) electrons. The summed E-state index contributed by atoms with van der Waals surface area (Å²) in [7, 11) is 1.99. The number of aryl methyl sites for hydroxylation is 2. The van der Waals surface area contributed by atoms with Gasteiger partial charge >= 0.3 is 5.97 Å². The van der Waals surface area contributed by atoms with E-state index >= 15 is 0 Å². The summed E-state index contributed by atoms with van der Waals surface area (Å²) in [6.07, 6.45) is 0. The van der Waals surface area contributed by atoms with Crippen LogP contribution < -0.4 is 5.73 Å². The van der Waals surface area contributed by atoms with Crippen LogP contribution in [0.15, 0.2) is 28.7 Å². The molecule has 7 nitrogen and oxygen atoms in total. The van der Waals surface area contributed by atoms with Crippen molar-refractivity contribution >= 4 is 22.9 Å². The highest BCUT2D eigenvalue weighted by atomic mass is 16.5. The van der Waals surface area contributed by atoms with Crippen LogP contribution in [0.4, 0.5) is 5.82 Å². The Balaban J connectivity index is 1.86. The molecule has 0 saturated carbocycles. The van der Waals surface area contributed by atoms with E-state index in [2.05, 4.69) is 33.9 Å². The molecular weight excluding hydrogens is 344 g/mol. The molecule has 27 heavy (non-hydrogen) atoms. The van der Waals surface area contributed by atoms with Crippen LogP contribution in [0.25, 0.3) is 11.1 Å². The number of carbonyl (C=O) groups is 1. The molecular formula is C20H24N4O3. The number of furan rings is 1. The number of hydrogen-bond acceptors (Lipinski definition) is 7. The molecule has 2 heterocycles. The first-order valence-electron chi connectivity index (χ1n) is 8.86. The molecule has 0 aliphatic rings. The lowest BCUT2D eigenvalue weighted by Gasteiger charge is -2.17. The summed E-state index contributed by atoms with van der Waals surface area (Å²) in [5, 5.41) is 0.413. The highest BCUT2D eigenvalue weighted by molar-refractivity contribution is 6.07. The van der Waals surface area contributed by atoms with Crippen LogP contribution in [0.1, 0.15) is 40.0 Å². The van der Waals surface area contributed by atoms with Crippen molar-refractivity contribution in [1.29, 1.82) is 0 Å². The number of nitrogens with two attached hydrogens (primary N) is 1. The minimum atomic E-state index is -0.478. The zero-order valence-corrected chi connectivity index (χ0v) is 16.1. The zero-order chi connectivity index (χ0) is 19.6. The number of carbonyl (C=O) groups excluding carboxylic acids is 1. The number of nitrogen functional groups attached to an aromatic ring is 1. The predicted molar refractivity (Wildman–Crippen MR) is 103 cm³/mol. The van der Waals surface area contributed by atoms with Gasteiger partial charge in [-0.3, -0.25) is 4.90 Å². The van der Waals surface area contributed by atoms with Crippen molar-refractivity contribution in [2.45, 2.75) is 33.9 Å². The maximum absolute atomic E-state index is 12.2. The van der Waals surface area contributed by atoms with Gasteiger partial charge in [0.05, 0.1) is 18.5 Å². The van der Waals surface area contributed by atoms with Gasteiger partial charge in [0.15, 0.2) is 0 Å². The molecule has 0 atom stereocenters. The molecule has 1 aromatic carbocycles. The number of aromatic nitrogens is 2. The van der Waals surface area contributed by atoms with Gasteiger partial charge in [0.1, 0.15) is 23.0 Å². The molecule has 0 aliphatic carbocycles. The van der Waals surface area contributed by atoms with Crippen LogP contribution in [-0.2, 0) is 17.8 Å². The van der Waals surface area contributed by atoms with E-state index < -0.39 is 5.97 Å². The molecule has 3 aromatic rings. The summed E-state index contributed by atoms with van der Waals surface area (Å²) in [4.78, 5) is 23.1. The first-order valence-corrected chi connectivity index (χ1v) is 8.86. The monoisotopic (exact) mass is 368 g/mol. The first-order chi connectivity index (χ1) is 12.9. The lowest BCUT2D eigenvalue weighted by molar-refractivity contribution is 0.0526. The Kier molecular flexibility index (Phi) is 5.41. The van der Waals surface area contributed by atoms with Crippen LogP contribution >= 0.6 is 0 Å². The summed E-state index contributed by atoms with van der Waals surface area (Å²) < 4.78 is 10.7. The Morgan fingerprint density at radius 1 is 1.22 bits per heavy atom. The van der Waals surface area contributed by atoms with Gasteiger partial charge in [-0.15, -0.1) is 0 Å². The number of ether oxygens (including phenoxy) is 1. The molecule has 0 unspecified atom stereocenters. The van der Waals surface area contributed by atoms with Crippen molar-refractivity contribution in [3.05, 3.63) is 52.5 Å². The second kappa shape index (κ2) is 7.75. The van der Waals surface area contributed by atoms with Gasteiger partial charge in [-0.25, -0.2) is 9.78 Å². The number of esters is 1. The van der Waals surface area contributed by atoms with Gasteiger partial charge < -0.3 is 14.9 Å². The molecule has 0 spiro atoms. The third-order valence-electron chi connectivity index (χ3n) is 4.39. The minimum absolute atomic E-state index is 0.221. The second-order valence-electron chi connectivity index (χ2n) is 6.56. The zero-order valence-electron chi connectivity index (χ0n) is 16.1. The van der Waals surface area contributed by atoms with Crippen molar-refractivity contribution in [2.75, 3.05) is 19.4 Å². The van der Waals surface area contributed by atoms with Gasteiger partial charge in [0.25, 0.3) is 0 Å². The molecule has 0 fully saturated rings. The van der Waals surface area contributed by atoms with Crippen molar-refractivity contribution in [1.82, 2.24) is 14.9 Å². The summed E-state index contributed by atoms with van der Waals surface area (Å²) in [6.45, 7) is 7.07. The topological polar surface area (TPSA) is 94.5 Å². The average molecular weight is 368 g/mol. The van der Waals surface area contributed by atoms with E-state index in [0.29, 0.717) is 34.8 Å². The number of hydrogen-bond donors (Lipinski definition) is 1. The second-order valence-corrected chi connectivity index (χ2v) is 6.56. The highest BCUT2D eigenvalue weighted by Gasteiger charge is 2.24. The fraction of sp³-hybridized carbons (Fsp3) is 0.350. The van der Waals surface area contributed by atoms with Gasteiger partial charge in [0, 0.05) is 6.54 Å². The van der Waals surface area contributed by atoms with Gasteiger partial charge in [-0.05, 0) is 38.9 Å². The molecule has 0 bridgehead atoms. The Morgan fingerprint density at radius 3 is 2.67 bits per heavy atom. The van der Waals surface area contributed by atoms with E-state index in [0.717, 1.165) is 6.54 Å². The number of fused-ring (bicyclic) bond motifs is 1. The molecule has 142 valence electrons. The lowest BCUT2D eigenvalue weighted by Crippen LogP contribution is -2.20. The lowest BCUT2D eigenvalue weighted by atomic mass is 10.1. The maximum atomic E-state index is 12.2. The van der Waals surface area contributed by atoms with Crippen molar-refractivity contribution in [3.8, 4) is 0 Å². The first kappa shape index (κ1) is 18.8. The van der Waals surface area contributed by atoms with E-state index in [1.54, 1.807) is 13.8 Å². The van der Waals surface area contributed by atoms with E-state index in [-0.39, 0.29) is 12.4 Å². The average Bonchev–Trinajstić information content (AvgIpc) is 2.93. The van der Waals surface area contributed by atoms with Gasteiger partial charge in [0.2, 0.25) is 5.71 Å².